The summed E-state index contributed by atoms with van der Waals surface area (Å²) < 4.78 is 10.0. The second-order valence-electron chi connectivity index (χ2n) is 11.1. The lowest BCUT2D eigenvalue weighted by molar-refractivity contribution is -0.138. The van der Waals surface area contributed by atoms with Gasteiger partial charge < -0.3 is 9.47 Å². The maximum Gasteiger partial charge on any atom is 0.330 e. The third-order valence-electron chi connectivity index (χ3n) is 8.68. The van der Waals surface area contributed by atoms with Crippen LogP contribution in [0.3, 0.4) is 0 Å². The number of carbonyl (C=O) groups excluding carboxylic acids is 6. The van der Waals surface area contributed by atoms with E-state index in [0.29, 0.717) is 33.0 Å². The van der Waals surface area contributed by atoms with Crippen LogP contribution in [0.1, 0.15) is 110 Å². The molecule has 284 valence electrons. The SMILES string of the molecule is C=CC(=O)OCCCN1C(=O)c2ccc3c4ccc5c6c(ccc(c7ccc(c2c37)C1=O)c64)C(=O)N(CCCOC(=O)C=C)C5=O.CC.CC.CC.CC. The minimum Gasteiger partial charge on any atom is -0.462 e. The normalized spacial score (nSPS) is 12.5. The molecule has 5 aromatic rings. The molecule has 0 aromatic heterocycles. The number of rotatable bonds is 10. The molecule has 54 heavy (non-hydrogen) atoms. The molecule has 4 amide bonds. The average Bonchev–Trinajstić information content (AvgIpc) is 3.23. The van der Waals surface area contributed by atoms with Gasteiger partial charge in [0.05, 0.1) is 13.2 Å². The monoisotopic (exact) mass is 734 g/mol. The van der Waals surface area contributed by atoms with Crippen LogP contribution in [0.2, 0.25) is 0 Å². The first-order valence-corrected chi connectivity index (χ1v) is 18.8. The molecule has 2 heterocycles. The van der Waals surface area contributed by atoms with Crippen LogP contribution in [0, 0.1) is 0 Å². The Labute approximate surface area is 316 Å². The first-order chi connectivity index (χ1) is 26.3. The minimum absolute atomic E-state index is 0.0424. The van der Waals surface area contributed by atoms with Gasteiger partial charge in [-0.3, -0.25) is 29.0 Å². The summed E-state index contributed by atoms with van der Waals surface area (Å²) in [6.45, 7) is 23.0. The van der Waals surface area contributed by atoms with E-state index in [1.165, 1.54) is 9.80 Å². The Balaban J connectivity index is 0.000000921. The highest BCUT2D eigenvalue weighted by Gasteiger charge is 2.36. The predicted molar refractivity (Wildman–Crippen MR) is 215 cm³/mol. The summed E-state index contributed by atoms with van der Waals surface area (Å²) in [4.78, 5) is 79.6. The van der Waals surface area contributed by atoms with Crippen molar-refractivity contribution in [3.8, 4) is 0 Å². The summed E-state index contributed by atoms with van der Waals surface area (Å²) in [7, 11) is 0. The van der Waals surface area contributed by atoms with Crippen molar-refractivity contribution in [3.63, 3.8) is 0 Å². The number of esters is 2. The number of hydrogen-bond acceptors (Lipinski definition) is 8. The molecule has 0 radical (unpaired) electrons. The quantitative estimate of drug-likeness (QED) is 0.0347. The minimum atomic E-state index is -0.573. The van der Waals surface area contributed by atoms with Crippen molar-refractivity contribution in [2.24, 2.45) is 0 Å². The van der Waals surface area contributed by atoms with Crippen molar-refractivity contribution >= 4 is 78.7 Å². The fourth-order valence-electron chi connectivity index (χ4n) is 6.68. The number of imide groups is 2. The zero-order chi connectivity index (χ0) is 40.3. The van der Waals surface area contributed by atoms with Gasteiger partial charge in [0.15, 0.2) is 0 Å². The molecule has 0 fully saturated rings. The van der Waals surface area contributed by atoms with Gasteiger partial charge in [0.2, 0.25) is 0 Å². The number of amides is 4. The van der Waals surface area contributed by atoms with Crippen LogP contribution in [-0.4, -0.2) is 71.7 Å². The molecule has 2 aliphatic heterocycles. The number of nitrogens with zero attached hydrogens (tertiary/aromatic N) is 2. The second-order valence-corrected chi connectivity index (χ2v) is 11.1. The van der Waals surface area contributed by atoms with E-state index in [2.05, 4.69) is 13.2 Å². The molecule has 0 unspecified atom stereocenters. The van der Waals surface area contributed by atoms with E-state index in [9.17, 15) is 28.8 Å². The van der Waals surface area contributed by atoms with Crippen LogP contribution in [0.15, 0.2) is 73.8 Å². The smallest absolute Gasteiger partial charge is 0.330 e. The first kappa shape index (κ1) is 42.5. The van der Waals surface area contributed by atoms with Gasteiger partial charge >= 0.3 is 11.9 Å². The molecule has 10 nitrogen and oxygen atoms in total. The van der Waals surface area contributed by atoms with Crippen molar-refractivity contribution in [2.75, 3.05) is 26.3 Å². The van der Waals surface area contributed by atoms with Crippen LogP contribution >= 0.6 is 0 Å². The van der Waals surface area contributed by atoms with Gasteiger partial charge in [0, 0.05) is 58.3 Å². The fraction of sp³-hybridized carbons (Fsp3) is 0.318. The van der Waals surface area contributed by atoms with E-state index in [4.69, 9.17) is 9.47 Å². The standard InChI is InChI=1S/C36H26N2O8.4C2H6/c1-3-27(39)45-17-5-15-37-33(41)23-11-7-19-21-9-13-25-32-26(36(44)38(35(25)43)16-6-18-46-28(40)4-2)14-10-22(30(21)32)20-8-12-24(34(37)42)31(23)29(19)20;4*1-2/h3-4,7-14H,1-2,5-6,15-18H2;4*1-2H3. The van der Waals surface area contributed by atoms with Crippen molar-refractivity contribution in [3.05, 3.63) is 96.1 Å². The maximum absolute atomic E-state index is 13.6. The Morgan fingerprint density at radius 2 is 0.741 bits per heavy atom. The maximum atomic E-state index is 13.6. The molecular formula is C44H50N2O8. The van der Waals surface area contributed by atoms with Gasteiger partial charge in [-0.2, -0.15) is 0 Å². The van der Waals surface area contributed by atoms with Gasteiger partial charge in [-0.25, -0.2) is 9.59 Å². The molecule has 0 spiro atoms. The van der Waals surface area contributed by atoms with Crippen molar-refractivity contribution < 1.29 is 38.2 Å². The van der Waals surface area contributed by atoms with E-state index >= 15 is 0 Å². The lowest BCUT2D eigenvalue weighted by Gasteiger charge is -2.30. The number of hydrogen-bond donors (Lipinski definition) is 0. The molecule has 7 rings (SSSR count). The summed E-state index contributed by atoms with van der Waals surface area (Å²) in [6, 6.07) is 14.2. The lowest BCUT2D eigenvalue weighted by atomic mass is 9.82. The molecule has 10 heteroatoms. The number of carbonyl (C=O) groups is 6. The number of fused-ring (bicyclic) bond motifs is 2. The molecule has 0 saturated heterocycles. The van der Waals surface area contributed by atoms with Crippen LogP contribution in [0.5, 0.6) is 0 Å². The molecule has 5 aromatic carbocycles. The summed E-state index contributed by atoms with van der Waals surface area (Å²) in [5.41, 5.74) is 1.58. The zero-order valence-corrected chi connectivity index (χ0v) is 32.6. The Hall–Kier alpha value is -5.90. The van der Waals surface area contributed by atoms with Crippen LogP contribution < -0.4 is 0 Å². The van der Waals surface area contributed by atoms with E-state index in [0.717, 1.165) is 44.5 Å². The molecule has 0 saturated carbocycles. The Kier molecular flexibility index (Phi) is 15.2. The Morgan fingerprint density at radius 1 is 0.481 bits per heavy atom. The van der Waals surface area contributed by atoms with E-state index in [1.54, 1.807) is 24.3 Å². The van der Waals surface area contributed by atoms with Crippen LogP contribution in [0.25, 0.3) is 43.1 Å². The Morgan fingerprint density at radius 3 is 0.981 bits per heavy atom. The van der Waals surface area contributed by atoms with Gasteiger partial charge in [0.25, 0.3) is 23.6 Å². The van der Waals surface area contributed by atoms with Crippen molar-refractivity contribution in [2.45, 2.75) is 68.2 Å². The van der Waals surface area contributed by atoms with Gasteiger partial charge in [-0.1, -0.05) is 92.8 Å². The summed E-state index contributed by atoms with van der Waals surface area (Å²) in [6.07, 6.45) is 2.67. The molecule has 0 atom stereocenters. The number of ether oxygens (including phenoxy) is 2. The summed E-state index contributed by atoms with van der Waals surface area (Å²) in [5, 5.41) is 5.83. The lowest BCUT2D eigenvalue weighted by Crippen LogP contribution is -2.41. The predicted octanol–water partition coefficient (Wildman–Crippen LogP) is 9.27. The molecule has 0 bridgehead atoms. The highest BCUT2D eigenvalue weighted by Crippen LogP contribution is 2.46. The highest BCUT2D eigenvalue weighted by atomic mass is 16.5. The highest BCUT2D eigenvalue weighted by molar-refractivity contribution is 6.41. The largest absolute Gasteiger partial charge is 0.462 e. The zero-order valence-electron chi connectivity index (χ0n) is 32.6. The van der Waals surface area contributed by atoms with Gasteiger partial charge in [-0.05, 0) is 69.4 Å². The van der Waals surface area contributed by atoms with Crippen molar-refractivity contribution in [1.29, 1.82) is 0 Å². The van der Waals surface area contributed by atoms with E-state index < -0.39 is 35.6 Å². The molecule has 2 aliphatic rings. The third-order valence-corrected chi connectivity index (χ3v) is 8.68. The number of benzene rings is 5. The van der Waals surface area contributed by atoms with Crippen LogP contribution in [0.4, 0.5) is 0 Å². The van der Waals surface area contributed by atoms with Crippen molar-refractivity contribution in [1.82, 2.24) is 9.80 Å². The summed E-state index contributed by atoms with van der Waals surface area (Å²) >= 11 is 0. The third kappa shape index (κ3) is 7.46. The van der Waals surface area contributed by atoms with Crippen LogP contribution in [-0.2, 0) is 19.1 Å². The van der Waals surface area contributed by atoms with Gasteiger partial charge in [0.1, 0.15) is 0 Å². The molecular weight excluding hydrogens is 684 g/mol. The van der Waals surface area contributed by atoms with E-state index in [1.807, 2.05) is 79.7 Å². The first-order valence-electron chi connectivity index (χ1n) is 18.8. The molecule has 0 N–H and O–H groups in total. The fourth-order valence-corrected chi connectivity index (χ4v) is 6.68. The molecule has 0 aliphatic carbocycles. The summed E-state index contributed by atoms with van der Waals surface area (Å²) in [5.74, 6) is -2.86. The average molecular weight is 735 g/mol. The topological polar surface area (TPSA) is 127 Å². The Bertz CT molecular complexity index is 1960. The van der Waals surface area contributed by atoms with Gasteiger partial charge in [-0.15, -0.1) is 0 Å². The second kappa shape index (κ2) is 19.3. The van der Waals surface area contributed by atoms with E-state index in [-0.39, 0.29) is 39.1 Å².